The van der Waals surface area contributed by atoms with Gasteiger partial charge in [-0.3, -0.25) is 14.6 Å². The van der Waals surface area contributed by atoms with Gasteiger partial charge in [0.1, 0.15) is 10.8 Å². The van der Waals surface area contributed by atoms with Crippen molar-refractivity contribution in [3.8, 4) is 0 Å². The van der Waals surface area contributed by atoms with Crippen LogP contribution in [-0.2, 0) is 28.9 Å². The fraction of sp³-hybridized carbons (Fsp3) is 0.500. The molecule has 4 rings (SSSR count). The lowest BCUT2D eigenvalue weighted by Gasteiger charge is -2.34. The van der Waals surface area contributed by atoms with E-state index < -0.39 is 5.82 Å². The summed E-state index contributed by atoms with van der Waals surface area (Å²) in [7, 11) is 1.38. The fourth-order valence-electron chi connectivity index (χ4n) is 4.52. The van der Waals surface area contributed by atoms with Crippen LogP contribution in [0.1, 0.15) is 45.6 Å². The van der Waals surface area contributed by atoms with Gasteiger partial charge in [-0.15, -0.1) is 11.3 Å². The Kier molecular flexibility index (Phi) is 8.01. The summed E-state index contributed by atoms with van der Waals surface area (Å²) in [6.07, 6.45) is 5.11. The Labute approximate surface area is 202 Å². The minimum Gasteiger partial charge on any atom is -0.465 e. The lowest BCUT2D eigenvalue weighted by molar-refractivity contribution is -0.117. The molecule has 33 heavy (non-hydrogen) atoms. The predicted octanol–water partition coefficient (Wildman–Crippen LogP) is 4.35. The highest BCUT2D eigenvalue weighted by Gasteiger charge is 2.27. The number of carbonyl (C=O) groups excluding carboxylic acids is 2. The van der Waals surface area contributed by atoms with Crippen molar-refractivity contribution in [2.75, 3.05) is 45.2 Å². The summed E-state index contributed by atoms with van der Waals surface area (Å²) in [5, 5.41) is 3.74. The van der Waals surface area contributed by atoms with E-state index in [0.717, 1.165) is 69.4 Å². The van der Waals surface area contributed by atoms with Gasteiger partial charge in [0.2, 0.25) is 5.91 Å². The van der Waals surface area contributed by atoms with Crippen LogP contribution in [-0.4, -0.2) is 61.5 Å². The van der Waals surface area contributed by atoms with Crippen molar-refractivity contribution >= 4 is 39.8 Å². The highest BCUT2D eigenvalue weighted by molar-refractivity contribution is 7.17. The van der Waals surface area contributed by atoms with Crippen molar-refractivity contribution in [2.24, 2.45) is 0 Å². The fourth-order valence-corrected chi connectivity index (χ4v) is 6.02. The Morgan fingerprint density at radius 3 is 2.58 bits per heavy atom. The molecule has 1 N–H and O–H groups in total. The maximum absolute atomic E-state index is 13.4. The maximum atomic E-state index is 13.4. The highest BCUT2D eigenvalue weighted by atomic mass is 35.5. The average Bonchev–Trinajstić information content (AvgIpc) is 2.97. The van der Waals surface area contributed by atoms with Crippen molar-refractivity contribution in [3.05, 3.63) is 50.6 Å². The molecule has 1 aliphatic heterocycles. The van der Waals surface area contributed by atoms with E-state index in [1.54, 1.807) is 12.1 Å². The second kappa shape index (κ2) is 11.0. The average molecular weight is 494 g/mol. The second-order valence-electron chi connectivity index (χ2n) is 8.61. The van der Waals surface area contributed by atoms with Crippen molar-refractivity contribution in [1.82, 2.24) is 9.80 Å². The van der Waals surface area contributed by atoms with Gasteiger partial charge in [0.25, 0.3) is 0 Å². The molecule has 178 valence electrons. The minimum atomic E-state index is -0.409. The van der Waals surface area contributed by atoms with Gasteiger partial charge in [-0.2, -0.15) is 0 Å². The number of thiophene rings is 1. The molecule has 0 saturated carbocycles. The number of carbonyl (C=O) groups is 2. The molecule has 2 aliphatic rings. The molecule has 2 heterocycles. The molecule has 1 aromatic heterocycles. The van der Waals surface area contributed by atoms with Crippen LogP contribution in [0.25, 0.3) is 0 Å². The number of fused-ring (bicyclic) bond motifs is 1. The molecular formula is C24H29ClFN3O3S. The second-order valence-corrected chi connectivity index (χ2v) is 10.1. The number of anilines is 1. The molecular weight excluding hydrogens is 465 g/mol. The maximum Gasteiger partial charge on any atom is 0.341 e. The number of hydrogen-bond donors (Lipinski definition) is 1. The third kappa shape index (κ3) is 5.93. The molecule has 0 bridgehead atoms. The molecule has 0 radical (unpaired) electrons. The summed E-state index contributed by atoms with van der Waals surface area (Å²) in [6, 6.07) is 4.81. The van der Waals surface area contributed by atoms with Crippen LogP contribution in [0.5, 0.6) is 0 Å². The third-order valence-electron chi connectivity index (χ3n) is 6.29. The standard InChI is InChI=1S/C24H29ClFN3O3S/c1-32-24(31)22-17-5-3-2-4-6-20(17)33-23(22)27-21(30)15-29-11-9-28(10-12-29)14-16-7-8-19(26)18(25)13-16/h7-8,13H,2-6,9-12,14-15H2,1H3,(H,27,30). The lowest BCUT2D eigenvalue weighted by Crippen LogP contribution is -2.48. The zero-order valence-corrected chi connectivity index (χ0v) is 20.4. The van der Waals surface area contributed by atoms with Gasteiger partial charge in [0, 0.05) is 37.6 Å². The quantitative estimate of drug-likeness (QED) is 0.479. The first kappa shape index (κ1) is 24.1. The van der Waals surface area contributed by atoms with E-state index in [-0.39, 0.29) is 23.4 Å². The number of esters is 1. The Bertz CT molecular complexity index is 1020. The van der Waals surface area contributed by atoms with E-state index in [1.807, 2.05) is 0 Å². The molecule has 6 nitrogen and oxygen atoms in total. The summed E-state index contributed by atoms with van der Waals surface area (Å²) >= 11 is 7.40. The molecule has 1 aliphatic carbocycles. The van der Waals surface area contributed by atoms with Crippen molar-refractivity contribution < 1.29 is 18.7 Å². The number of benzene rings is 1. The molecule has 0 spiro atoms. The topological polar surface area (TPSA) is 61.9 Å². The van der Waals surface area contributed by atoms with E-state index in [1.165, 1.54) is 29.4 Å². The van der Waals surface area contributed by atoms with Gasteiger partial charge in [-0.1, -0.05) is 24.1 Å². The number of halogens is 2. The first-order valence-electron chi connectivity index (χ1n) is 11.4. The van der Waals surface area contributed by atoms with Crippen LogP contribution >= 0.6 is 22.9 Å². The van der Waals surface area contributed by atoms with Gasteiger partial charge in [-0.25, -0.2) is 9.18 Å². The Morgan fingerprint density at radius 1 is 1.12 bits per heavy atom. The third-order valence-corrected chi connectivity index (χ3v) is 7.78. The molecule has 0 atom stereocenters. The highest BCUT2D eigenvalue weighted by Crippen LogP contribution is 2.38. The normalized spacial score (nSPS) is 17.3. The van der Waals surface area contributed by atoms with E-state index in [2.05, 4.69) is 15.1 Å². The van der Waals surface area contributed by atoms with Crippen LogP contribution in [0.3, 0.4) is 0 Å². The molecule has 1 saturated heterocycles. The van der Waals surface area contributed by atoms with E-state index >= 15 is 0 Å². The number of piperazine rings is 1. The molecule has 9 heteroatoms. The number of ether oxygens (including phenoxy) is 1. The zero-order chi connectivity index (χ0) is 23.4. The van der Waals surface area contributed by atoms with Crippen molar-refractivity contribution in [3.63, 3.8) is 0 Å². The zero-order valence-electron chi connectivity index (χ0n) is 18.8. The Hall–Kier alpha value is -2.00. The van der Waals surface area contributed by atoms with Crippen molar-refractivity contribution in [2.45, 2.75) is 38.6 Å². The smallest absolute Gasteiger partial charge is 0.341 e. The van der Waals surface area contributed by atoms with E-state index in [4.69, 9.17) is 16.3 Å². The summed E-state index contributed by atoms with van der Waals surface area (Å²) in [6.45, 7) is 4.11. The van der Waals surface area contributed by atoms with E-state index in [0.29, 0.717) is 17.1 Å². The Balaban J connectivity index is 1.32. The SMILES string of the molecule is COC(=O)c1c(NC(=O)CN2CCN(Cc3ccc(F)c(Cl)c3)CC2)sc2c1CCCCC2. The number of aryl methyl sites for hydroxylation is 1. The van der Waals surface area contributed by atoms with Gasteiger partial charge in [0.05, 0.1) is 24.2 Å². The number of nitrogens with one attached hydrogen (secondary N) is 1. The van der Waals surface area contributed by atoms with Gasteiger partial charge in [0.15, 0.2) is 0 Å². The van der Waals surface area contributed by atoms with Crippen molar-refractivity contribution in [1.29, 1.82) is 0 Å². The van der Waals surface area contributed by atoms with Crippen LogP contribution in [0.4, 0.5) is 9.39 Å². The Morgan fingerprint density at radius 2 is 1.85 bits per heavy atom. The van der Waals surface area contributed by atoms with Gasteiger partial charge >= 0.3 is 5.97 Å². The number of hydrogen-bond acceptors (Lipinski definition) is 6. The summed E-state index contributed by atoms with van der Waals surface area (Å²) in [5.74, 6) is -0.900. The number of nitrogens with zero attached hydrogens (tertiary/aromatic N) is 2. The van der Waals surface area contributed by atoms with Gasteiger partial charge in [-0.05, 0) is 48.9 Å². The monoisotopic (exact) mass is 493 g/mol. The van der Waals surface area contributed by atoms with Crippen LogP contribution in [0.15, 0.2) is 18.2 Å². The van der Waals surface area contributed by atoms with Crippen LogP contribution in [0, 0.1) is 5.82 Å². The number of amides is 1. The molecule has 1 amide bonds. The first-order chi connectivity index (χ1) is 15.9. The van der Waals surface area contributed by atoms with Crippen LogP contribution in [0.2, 0.25) is 5.02 Å². The molecule has 0 unspecified atom stereocenters. The molecule has 1 aromatic carbocycles. The largest absolute Gasteiger partial charge is 0.465 e. The lowest BCUT2D eigenvalue weighted by atomic mass is 10.1. The number of rotatable bonds is 6. The van der Waals surface area contributed by atoms with Crippen LogP contribution < -0.4 is 5.32 Å². The van der Waals surface area contributed by atoms with E-state index in [9.17, 15) is 14.0 Å². The predicted molar refractivity (Wildman–Crippen MR) is 129 cm³/mol. The molecule has 1 fully saturated rings. The summed E-state index contributed by atoms with van der Waals surface area (Å²) < 4.78 is 18.4. The minimum absolute atomic E-state index is 0.115. The first-order valence-corrected chi connectivity index (χ1v) is 12.6. The summed E-state index contributed by atoms with van der Waals surface area (Å²) in [4.78, 5) is 30.8. The summed E-state index contributed by atoms with van der Waals surface area (Å²) in [5.41, 5.74) is 2.56. The molecule has 2 aromatic rings. The number of methoxy groups -OCH3 is 1. The van der Waals surface area contributed by atoms with Gasteiger partial charge < -0.3 is 10.1 Å².